The first-order valence-electron chi connectivity index (χ1n) is 16.6. The zero-order chi connectivity index (χ0) is 33.3. The van der Waals surface area contributed by atoms with Gasteiger partial charge < -0.3 is 29.5 Å². The number of hydrogen-bond acceptors (Lipinski definition) is 9. The number of halogens is 1. The van der Waals surface area contributed by atoms with Crippen LogP contribution >= 0.6 is 0 Å². The van der Waals surface area contributed by atoms with E-state index in [1.807, 2.05) is 30.3 Å². The number of phenolic OH excluding ortho intramolecular Hbond substituents is 1. The summed E-state index contributed by atoms with van der Waals surface area (Å²) in [4.78, 5) is 26.9. The summed E-state index contributed by atoms with van der Waals surface area (Å²) in [7, 11) is 5.50. The number of aromatic hydroxyl groups is 1. The summed E-state index contributed by atoms with van der Waals surface area (Å²) in [5.74, 6) is 1.04. The molecule has 5 aromatic rings. The molecule has 4 fully saturated rings. The van der Waals surface area contributed by atoms with E-state index in [0.29, 0.717) is 58.2 Å². The fourth-order valence-corrected chi connectivity index (χ4v) is 8.04. The van der Waals surface area contributed by atoms with Crippen molar-refractivity contribution in [1.29, 1.82) is 5.26 Å². The van der Waals surface area contributed by atoms with Crippen LogP contribution in [0.4, 0.5) is 10.2 Å². The second-order valence-electron chi connectivity index (χ2n) is 13.6. The largest absolute Gasteiger partial charge is 0.508 e. The van der Waals surface area contributed by atoms with Gasteiger partial charge in [-0.1, -0.05) is 24.3 Å². The van der Waals surface area contributed by atoms with Crippen molar-refractivity contribution in [1.82, 2.24) is 24.8 Å². The molecule has 4 aliphatic rings. The molecule has 2 N–H and O–H groups in total. The number of ether oxygens (including phenoxy) is 1. The third-order valence-electron chi connectivity index (χ3n) is 10.7. The molecule has 0 radical (unpaired) electrons. The van der Waals surface area contributed by atoms with Crippen LogP contribution in [0.2, 0.25) is 0 Å². The van der Waals surface area contributed by atoms with Crippen molar-refractivity contribution in [3.8, 4) is 22.9 Å². The summed E-state index contributed by atoms with van der Waals surface area (Å²) in [5.41, 5.74) is 3.33. The van der Waals surface area contributed by atoms with Crippen LogP contribution < -0.4 is 10.2 Å². The van der Waals surface area contributed by atoms with Gasteiger partial charge >= 0.3 is 5.97 Å². The molecule has 0 spiro atoms. The minimum Gasteiger partial charge on any atom is -0.508 e. The number of phenols is 1. The Hall–Kier alpha value is -4.79. The Morgan fingerprint density at radius 2 is 1.96 bits per heavy atom. The molecule has 3 aliphatic heterocycles. The molecule has 2 bridgehead atoms. The SMILES string of the molecule is COC(=O)CCc1nc2c(N3CC(N(C)C)C3)nc3c(F)c(-c4cc(O)cc5ccccc45)c(CCC#N)cc3c2n1[C@H]1[C@H]2CN[C@@H]1C2. The van der Waals surface area contributed by atoms with E-state index in [2.05, 4.69) is 39.8 Å². The summed E-state index contributed by atoms with van der Waals surface area (Å²) >= 11 is 0. The Bertz CT molecular complexity index is 2140. The lowest BCUT2D eigenvalue weighted by molar-refractivity contribution is -0.140. The number of anilines is 1. The van der Waals surface area contributed by atoms with Crippen molar-refractivity contribution in [2.45, 2.75) is 50.2 Å². The van der Waals surface area contributed by atoms with Gasteiger partial charge in [0.05, 0.1) is 31.2 Å². The Labute approximate surface area is 277 Å². The molecule has 48 heavy (non-hydrogen) atoms. The fourth-order valence-electron chi connectivity index (χ4n) is 8.04. The first-order chi connectivity index (χ1) is 23.3. The van der Waals surface area contributed by atoms with Crippen LogP contribution in [0.15, 0.2) is 42.5 Å². The third kappa shape index (κ3) is 4.77. The third-order valence-corrected chi connectivity index (χ3v) is 10.7. The molecule has 0 unspecified atom stereocenters. The number of carbonyl (C=O) groups excluding carboxylic acids is 1. The molecule has 3 aromatic carbocycles. The number of nitriles is 1. The fraction of sp³-hybridized carbons (Fsp3) is 0.405. The van der Waals surface area contributed by atoms with Gasteiger partial charge in [-0.15, -0.1) is 0 Å². The molecule has 3 atom stereocenters. The molecular formula is C37H38FN7O3. The predicted octanol–water partition coefficient (Wildman–Crippen LogP) is 5.09. The molecule has 2 aromatic heterocycles. The second kappa shape index (κ2) is 11.7. The van der Waals surface area contributed by atoms with E-state index in [9.17, 15) is 15.2 Å². The predicted molar refractivity (Wildman–Crippen MR) is 182 cm³/mol. The number of rotatable bonds is 9. The van der Waals surface area contributed by atoms with Gasteiger partial charge in [-0.25, -0.2) is 14.4 Å². The first kappa shape index (κ1) is 30.5. The number of esters is 1. The normalized spacial score (nSPS) is 20.4. The Morgan fingerprint density at radius 3 is 2.67 bits per heavy atom. The summed E-state index contributed by atoms with van der Waals surface area (Å²) in [6, 6.07) is 15.8. The average molecular weight is 648 g/mol. The molecule has 10 nitrogen and oxygen atoms in total. The summed E-state index contributed by atoms with van der Waals surface area (Å²) in [6.45, 7) is 2.36. The Balaban J connectivity index is 1.44. The topological polar surface area (TPSA) is 120 Å². The maximum absolute atomic E-state index is 17.5. The molecule has 9 rings (SSSR count). The van der Waals surface area contributed by atoms with Crippen LogP contribution in [0.25, 0.3) is 43.8 Å². The number of nitrogens with zero attached hydrogens (tertiary/aromatic N) is 6. The first-order valence-corrected chi connectivity index (χ1v) is 16.6. The van der Waals surface area contributed by atoms with Crippen LogP contribution in [-0.4, -0.2) is 83.4 Å². The summed E-state index contributed by atoms with van der Waals surface area (Å²) in [5, 5.41) is 26.2. The van der Waals surface area contributed by atoms with Crippen molar-refractivity contribution in [3.05, 3.63) is 59.7 Å². The van der Waals surface area contributed by atoms with Gasteiger partial charge in [-0.2, -0.15) is 5.26 Å². The minimum absolute atomic E-state index is 0.0371. The van der Waals surface area contributed by atoms with E-state index in [1.165, 1.54) is 7.11 Å². The van der Waals surface area contributed by atoms with Crippen LogP contribution in [-0.2, 0) is 22.4 Å². The zero-order valence-corrected chi connectivity index (χ0v) is 27.3. The number of nitrogens with one attached hydrogen (secondary N) is 1. The molecule has 3 saturated heterocycles. The van der Waals surface area contributed by atoms with Crippen LogP contribution in [0, 0.1) is 23.1 Å². The zero-order valence-electron chi connectivity index (χ0n) is 27.3. The van der Waals surface area contributed by atoms with Crippen molar-refractivity contribution in [2.75, 3.05) is 45.7 Å². The van der Waals surface area contributed by atoms with Gasteiger partial charge in [0.2, 0.25) is 0 Å². The van der Waals surface area contributed by atoms with Crippen molar-refractivity contribution >= 4 is 44.5 Å². The molecule has 0 amide bonds. The number of pyridine rings is 1. The molecule has 11 heteroatoms. The molecule has 1 saturated carbocycles. The van der Waals surface area contributed by atoms with Crippen molar-refractivity contribution in [2.24, 2.45) is 5.92 Å². The van der Waals surface area contributed by atoms with Crippen molar-refractivity contribution < 1.29 is 19.0 Å². The number of benzene rings is 3. The average Bonchev–Trinajstić information content (AvgIpc) is 3.78. The van der Waals surface area contributed by atoms with Gasteiger partial charge in [0.15, 0.2) is 11.6 Å². The number of fused-ring (bicyclic) bond motifs is 5. The number of imidazole rings is 1. The molecule has 246 valence electrons. The highest BCUT2D eigenvalue weighted by atomic mass is 19.1. The number of aromatic nitrogens is 3. The van der Waals surface area contributed by atoms with Crippen molar-refractivity contribution in [3.63, 3.8) is 0 Å². The van der Waals surface area contributed by atoms with E-state index in [4.69, 9.17) is 14.7 Å². The van der Waals surface area contributed by atoms with E-state index in [1.54, 1.807) is 12.1 Å². The van der Waals surface area contributed by atoms with Gasteiger partial charge in [0.1, 0.15) is 22.6 Å². The molecule has 5 heterocycles. The van der Waals surface area contributed by atoms with Crippen LogP contribution in [0.1, 0.15) is 36.7 Å². The highest BCUT2D eigenvalue weighted by Gasteiger charge is 2.49. The molecule has 1 aliphatic carbocycles. The lowest BCUT2D eigenvalue weighted by atomic mass is 9.79. The number of methoxy groups -OCH3 is 1. The second-order valence-corrected chi connectivity index (χ2v) is 13.6. The Kier molecular flexibility index (Phi) is 7.46. The highest BCUT2D eigenvalue weighted by Crippen LogP contribution is 2.49. The van der Waals surface area contributed by atoms with Gasteiger partial charge in [-0.05, 0) is 73.0 Å². The van der Waals surface area contributed by atoms with E-state index < -0.39 is 5.82 Å². The molecular weight excluding hydrogens is 609 g/mol. The number of hydrogen-bond donors (Lipinski definition) is 2. The highest BCUT2D eigenvalue weighted by molar-refractivity contribution is 6.10. The summed E-state index contributed by atoms with van der Waals surface area (Å²) in [6.07, 6.45) is 2.14. The van der Waals surface area contributed by atoms with E-state index in [-0.39, 0.29) is 42.2 Å². The monoisotopic (exact) mass is 647 g/mol. The van der Waals surface area contributed by atoms with Gasteiger partial charge in [0.25, 0.3) is 0 Å². The van der Waals surface area contributed by atoms with Crippen LogP contribution in [0.5, 0.6) is 5.75 Å². The maximum Gasteiger partial charge on any atom is 0.305 e. The van der Waals surface area contributed by atoms with Gasteiger partial charge in [0, 0.05) is 55.5 Å². The minimum atomic E-state index is -0.484. The number of aryl methyl sites for hydroxylation is 2. The lowest BCUT2D eigenvalue weighted by Crippen LogP contribution is -2.57. The number of carbonyl (C=O) groups is 1. The quantitative estimate of drug-likeness (QED) is 0.211. The standard InChI is InChI=1S/C37H38FN7O3/c1-43(2)23-18-44(19-23)37-34-36(45(35-22-15-28(35)40-17-22)29(41-34)10-11-30(47)48-3)27-14-21(8-6-12-39)31(32(38)33(27)42-37)26-16-24(46)13-20-7-4-5-9-25(20)26/h4-5,7,9,13-14,16,22-23,28,35,40,46H,6,8,10-11,15,17-19H2,1-3H3/t22-,28-,35+/m1/s1. The summed E-state index contributed by atoms with van der Waals surface area (Å²) < 4.78 is 24.8. The number of likely N-dealkylation sites (N-methyl/N-ethyl adjacent to an activating group) is 1. The van der Waals surface area contributed by atoms with Gasteiger partial charge in [-0.3, -0.25) is 4.79 Å². The smallest absolute Gasteiger partial charge is 0.305 e. The van der Waals surface area contributed by atoms with E-state index in [0.717, 1.165) is 48.2 Å². The Morgan fingerprint density at radius 1 is 1.15 bits per heavy atom. The van der Waals surface area contributed by atoms with E-state index >= 15 is 4.39 Å². The van der Waals surface area contributed by atoms with Crippen LogP contribution in [0.3, 0.4) is 0 Å². The lowest BCUT2D eigenvalue weighted by Gasteiger charge is -2.43. The maximum atomic E-state index is 17.5.